The molecule has 7 heteroatoms. The lowest BCUT2D eigenvalue weighted by Gasteiger charge is -2.08. The van der Waals surface area contributed by atoms with Crippen molar-refractivity contribution < 1.29 is 19.1 Å². The smallest absolute Gasteiger partial charge is 0.341 e. The normalized spacial score (nSPS) is 10.3. The van der Waals surface area contributed by atoms with E-state index in [1.165, 1.54) is 18.3 Å². The molecule has 0 unspecified atom stereocenters. The minimum absolute atomic E-state index is 0.224. The molecule has 0 saturated carbocycles. The van der Waals surface area contributed by atoms with E-state index in [9.17, 15) is 14.4 Å². The van der Waals surface area contributed by atoms with Crippen molar-refractivity contribution in [1.82, 2.24) is 0 Å². The molecular weight excluding hydrogens is 388 g/mol. The van der Waals surface area contributed by atoms with E-state index >= 15 is 0 Å². The Balaban J connectivity index is 1.91. The van der Waals surface area contributed by atoms with Gasteiger partial charge < -0.3 is 15.4 Å². The van der Waals surface area contributed by atoms with Gasteiger partial charge in [-0.25, -0.2) is 4.79 Å². The molecule has 0 atom stereocenters. The molecule has 0 spiro atoms. The summed E-state index contributed by atoms with van der Waals surface area (Å²) in [5.74, 6) is -1.10. The van der Waals surface area contributed by atoms with Crippen LogP contribution in [-0.2, 0) is 9.53 Å². The first-order chi connectivity index (χ1) is 14.0. The Morgan fingerprint density at radius 3 is 2.41 bits per heavy atom. The first kappa shape index (κ1) is 20.3. The van der Waals surface area contributed by atoms with Gasteiger partial charge in [-0.05, 0) is 36.8 Å². The number of hydrogen-bond acceptors (Lipinski definition) is 5. The van der Waals surface area contributed by atoms with E-state index in [0.717, 1.165) is 10.4 Å². The molecule has 0 aliphatic rings. The van der Waals surface area contributed by atoms with Gasteiger partial charge in [0.1, 0.15) is 5.00 Å². The molecule has 0 aliphatic carbocycles. The predicted molar refractivity (Wildman–Crippen MR) is 114 cm³/mol. The second kappa shape index (κ2) is 9.16. The number of hydrogen-bond donors (Lipinski definition) is 2. The van der Waals surface area contributed by atoms with Gasteiger partial charge in [-0.1, -0.05) is 36.4 Å². The fourth-order valence-corrected chi connectivity index (χ4v) is 3.75. The summed E-state index contributed by atoms with van der Waals surface area (Å²) in [4.78, 5) is 37.2. The van der Waals surface area contributed by atoms with Crippen LogP contribution in [0.2, 0.25) is 0 Å². The molecule has 0 aliphatic heterocycles. The van der Waals surface area contributed by atoms with E-state index in [1.807, 2.05) is 30.3 Å². The maximum absolute atomic E-state index is 12.8. The van der Waals surface area contributed by atoms with Gasteiger partial charge in [0, 0.05) is 23.1 Å². The third-order valence-electron chi connectivity index (χ3n) is 3.96. The highest BCUT2D eigenvalue weighted by Gasteiger charge is 2.20. The van der Waals surface area contributed by atoms with Gasteiger partial charge in [0.15, 0.2) is 0 Å². The largest absolute Gasteiger partial charge is 0.462 e. The molecule has 0 saturated heterocycles. The number of nitrogens with one attached hydrogen (secondary N) is 2. The molecule has 29 heavy (non-hydrogen) atoms. The highest BCUT2D eigenvalue weighted by atomic mass is 32.1. The number of rotatable bonds is 6. The fraction of sp³-hybridized carbons (Fsp3) is 0.136. The van der Waals surface area contributed by atoms with E-state index < -0.39 is 5.97 Å². The maximum atomic E-state index is 12.8. The zero-order valence-corrected chi connectivity index (χ0v) is 16.8. The molecule has 2 amide bonds. The molecule has 2 aromatic carbocycles. The average molecular weight is 408 g/mol. The third-order valence-corrected chi connectivity index (χ3v) is 5.06. The Kier molecular flexibility index (Phi) is 6.41. The van der Waals surface area contributed by atoms with Gasteiger partial charge in [-0.3, -0.25) is 9.59 Å². The number of anilines is 2. The molecule has 148 valence electrons. The van der Waals surface area contributed by atoms with Crippen LogP contribution in [0.3, 0.4) is 0 Å². The summed E-state index contributed by atoms with van der Waals surface area (Å²) in [6.45, 7) is 3.37. The Labute approximate surface area is 172 Å². The van der Waals surface area contributed by atoms with Crippen LogP contribution in [0.25, 0.3) is 10.4 Å². The minimum atomic E-state index is -0.492. The van der Waals surface area contributed by atoms with Crippen molar-refractivity contribution in [1.29, 1.82) is 0 Å². The number of carbonyl (C=O) groups excluding carboxylic acids is 3. The third kappa shape index (κ3) is 5.08. The van der Waals surface area contributed by atoms with Gasteiger partial charge >= 0.3 is 5.97 Å². The van der Waals surface area contributed by atoms with Crippen molar-refractivity contribution in [2.75, 3.05) is 17.2 Å². The first-order valence-corrected chi connectivity index (χ1v) is 9.85. The summed E-state index contributed by atoms with van der Waals surface area (Å²) in [7, 11) is 0. The summed E-state index contributed by atoms with van der Waals surface area (Å²) in [5, 5.41) is 5.86. The molecule has 1 heterocycles. The van der Waals surface area contributed by atoms with Crippen molar-refractivity contribution in [2.24, 2.45) is 0 Å². The fourth-order valence-electron chi connectivity index (χ4n) is 2.71. The summed E-state index contributed by atoms with van der Waals surface area (Å²) >= 11 is 1.30. The molecule has 0 radical (unpaired) electrons. The number of thiophene rings is 1. The lowest BCUT2D eigenvalue weighted by Crippen LogP contribution is -2.15. The van der Waals surface area contributed by atoms with Crippen LogP contribution in [0, 0.1) is 0 Å². The molecular formula is C22H20N2O4S. The number of carbonyl (C=O) groups is 3. The topological polar surface area (TPSA) is 84.5 Å². The van der Waals surface area contributed by atoms with E-state index in [1.54, 1.807) is 37.3 Å². The number of esters is 1. The van der Waals surface area contributed by atoms with Crippen LogP contribution in [0.5, 0.6) is 0 Å². The monoisotopic (exact) mass is 408 g/mol. The molecule has 3 aromatic rings. The Bertz CT molecular complexity index is 1040. The quantitative estimate of drug-likeness (QED) is 0.574. The zero-order valence-electron chi connectivity index (χ0n) is 16.0. The van der Waals surface area contributed by atoms with Gasteiger partial charge in [-0.2, -0.15) is 0 Å². The summed E-state index contributed by atoms with van der Waals surface area (Å²) < 4.78 is 5.14. The van der Waals surface area contributed by atoms with Crippen molar-refractivity contribution in [2.45, 2.75) is 13.8 Å². The van der Waals surface area contributed by atoms with Gasteiger partial charge in [0.2, 0.25) is 5.91 Å². The van der Waals surface area contributed by atoms with Gasteiger partial charge in [0.25, 0.3) is 5.91 Å². The van der Waals surface area contributed by atoms with E-state index in [0.29, 0.717) is 21.8 Å². The van der Waals surface area contributed by atoms with E-state index in [4.69, 9.17) is 4.74 Å². The Morgan fingerprint density at radius 2 is 1.72 bits per heavy atom. The second-order valence-corrected chi connectivity index (χ2v) is 7.21. The second-order valence-electron chi connectivity index (χ2n) is 6.16. The van der Waals surface area contributed by atoms with Crippen LogP contribution in [0.15, 0.2) is 60.7 Å². The van der Waals surface area contributed by atoms with Crippen molar-refractivity contribution >= 4 is 39.8 Å². The number of ether oxygens (including phenoxy) is 1. The highest BCUT2D eigenvalue weighted by molar-refractivity contribution is 7.20. The minimum Gasteiger partial charge on any atom is -0.462 e. The zero-order chi connectivity index (χ0) is 20.8. The van der Waals surface area contributed by atoms with Crippen molar-refractivity contribution in [3.63, 3.8) is 0 Å². The summed E-state index contributed by atoms with van der Waals surface area (Å²) in [5.41, 5.74) is 2.13. The molecule has 2 N–H and O–H groups in total. The summed E-state index contributed by atoms with van der Waals surface area (Å²) in [6.07, 6.45) is 0. The van der Waals surface area contributed by atoms with Crippen LogP contribution >= 0.6 is 11.3 Å². The van der Waals surface area contributed by atoms with Gasteiger partial charge in [-0.15, -0.1) is 11.3 Å². The maximum Gasteiger partial charge on any atom is 0.341 e. The van der Waals surface area contributed by atoms with Crippen LogP contribution in [0.1, 0.15) is 34.6 Å². The Hall–Kier alpha value is -3.45. The van der Waals surface area contributed by atoms with Gasteiger partial charge in [0.05, 0.1) is 12.2 Å². The van der Waals surface area contributed by atoms with Crippen LogP contribution < -0.4 is 10.6 Å². The lowest BCUT2D eigenvalue weighted by atomic mass is 10.1. The first-order valence-electron chi connectivity index (χ1n) is 9.03. The highest BCUT2D eigenvalue weighted by Crippen LogP contribution is 2.36. The molecule has 0 fully saturated rings. The average Bonchev–Trinajstić information content (AvgIpc) is 3.12. The molecule has 1 aromatic heterocycles. The predicted octanol–water partition coefficient (Wildman–Crippen LogP) is 4.80. The van der Waals surface area contributed by atoms with Crippen molar-refractivity contribution in [3.8, 4) is 10.4 Å². The van der Waals surface area contributed by atoms with Crippen LogP contribution in [0.4, 0.5) is 10.7 Å². The van der Waals surface area contributed by atoms with E-state index in [2.05, 4.69) is 10.6 Å². The lowest BCUT2D eigenvalue weighted by molar-refractivity contribution is -0.114. The SMILES string of the molecule is CCOC(=O)c1cc(-c2ccccc2)sc1NC(=O)c1cccc(NC(C)=O)c1. The number of benzene rings is 2. The van der Waals surface area contributed by atoms with Crippen LogP contribution in [-0.4, -0.2) is 24.4 Å². The Morgan fingerprint density at radius 1 is 0.966 bits per heavy atom. The molecule has 6 nitrogen and oxygen atoms in total. The molecule has 3 rings (SSSR count). The number of amides is 2. The van der Waals surface area contributed by atoms with Crippen molar-refractivity contribution in [3.05, 3.63) is 71.8 Å². The standard InChI is InChI=1S/C22H20N2O4S/c1-3-28-22(27)18-13-19(15-8-5-4-6-9-15)29-21(18)24-20(26)16-10-7-11-17(12-16)23-14(2)25/h4-13H,3H2,1-2H3,(H,23,25)(H,24,26). The summed E-state index contributed by atoms with van der Waals surface area (Å²) in [6, 6.07) is 17.9. The van der Waals surface area contributed by atoms with E-state index in [-0.39, 0.29) is 18.4 Å². The molecule has 0 bridgehead atoms.